The van der Waals surface area contributed by atoms with Crippen LogP contribution < -0.4 is 5.32 Å². The van der Waals surface area contributed by atoms with Gasteiger partial charge in [-0.2, -0.15) is 5.10 Å². The maximum atomic E-state index is 4.39. The monoisotopic (exact) mass is 282 g/mol. The van der Waals surface area contributed by atoms with Gasteiger partial charge in [0.1, 0.15) is 12.2 Å². The second-order valence-corrected chi connectivity index (χ2v) is 4.97. The van der Waals surface area contributed by atoms with E-state index in [2.05, 4.69) is 27.5 Å². The Kier molecular flexibility index (Phi) is 3.79. The van der Waals surface area contributed by atoms with Crippen LogP contribution in [-0.2, 0) is 13.6 Å². The van der Waals surface area contributed by atoms with Crippen molar-refractivity contribution < 1.29 is 0 Å². The number of rotatable bonds is 5. The van der Waals surface area contributed by atoms with Crippen LogP contribution in [0.3, 0.4) is 0 Å². The summed E-state index contributed by atoms with van der Waals surface area (Å²) in [4.78, 5) is 0. The molecule has 3 aromatic rings. The lowest BCUT2D eigenvalue weighted by atomic mass is 10.3. The van der Waals surface area contributed by atoms with Crippen LogP contribution in [0.5, 0.6) is 0 Å². The molecule has 1 N–H and O–H groups in total. The summed E-state index contributed by atoms with van der Waals surface area (Å²) in [5, 5.41) is 15.9. The fraction of sp³-hybridized carbons (Fsp3) is 0.267. The number of hydrogen-bond donors (Lipinski definition) is 1. The van der Waals surface area contributed by atoms with Crippen LogP contribution >= 0.6 is 0 Å². The first-order valence-corrected chi connectivity index (χ1v) is 6.91. The van der Waals surface area contributed by atoms with Crippen molar-refractivity contribution in [3.63, 3.8) is 0 Å². The lowest BCUT2D eigenvalue weighted by Crippen LogP contribution is -2.22. The van der Waals surface area contributed by atoms with E-state index in [0.29, 0.717) is 6.54 Å². The minimum absolute atomic E-state index is 0.122. The third-order valence-corrected chi connectivity index (χ3v) is 3.44. The SMILES string of the molecule is CC(NCc1ccnn1-c1ccccc1)c1nncn1C. The highest BCUT2D eigenvalue weighted by Crippen LogP contribution is 2.12. The van der Waals surface area contributed by atoms with E-state index in [1.807, 2.05) is 58.9 Å². The van der Waals surface area contributed by atoms with Crippen LogP contribution in [0.25, 0.3) is 5.69 Å². The van der Waals surface area contributed by atoms with Crippen molar-refractivity contribution in [3.8, 4) is 5.69 Å². The molecule has 1 atom stereocenters. The first kappa shape index (κ1) is 13.5. The molecule has 0 bridgehead atoms. The summed E-state index contributed by atoms with van der Waals surface area (Å²) in [5.41, 5.74) is 2.17. The molecule has 0 saturated heterocycles. The van der Waals surface area contributed by atoms with Gasteiger partial charge >= 0.3 is 0 Å². The highest BCUT2D eigenvalue weighted by Gasteiger charge is 2.12. The summed E-state index contributed by atoms with van der Waals surface area (Å²) in [6, 6.07) is 12.2. The number of benzene rings is 1. The summed E-state index contributed by atoms with van der Waals surface area (Å²) in [6.45, 7) is 2.79. The lowest BCUT2D eigenvalue weighted by molar-refractivity contribution is 0.518. The predicted octanol–water partition coefficient (Wildman–Crippen LogP) is 1.85. The molecule has 1 aromatic carbocycles. The fourth-order valence-corrected chi connectivity index (χ4v) is 2.30. The van der Waals surface area contributed by atoms with Crippen LogP contribution in [0.4, 0.5) is 0 Å². The Balaban J connectivity index is 1.72. The smallest absolute Gasteiger partial charge is 0.149 e. The van der Waals surface area contributed by atoms with E-state index in [-0.39, 0.29) is 6.04 Å². The van der Waals surface area contributed by atoms with Crippen LogP contribution in [0.2, 0.25) is 0 Å². The van der Waals surface area contributed by atoms with E-state index in [0.717, 1.165) is 17.2 Å². The average Bonchev–Trinajstić information content (AvgIpc) is 3.14. The molecule has 3 rings (SSSR count). The molecule has 0 fully saturated rings. The highest BCUT2D eigenvalue weighted by molar-refractivity contribution is 5.32. The Morgan fingerprint density at radius 2 is 2.00 bits per heavy atom. The average molecular weight is 282 g/mol. The molecule has 21 heavy (non-hydrogen) atoms. The molecule has 0 radical (unpaired) electrons. The van der Waals surface area contributed by atoms with Gasteiger partial charge in [-0.05, 0) is 25.1 Å². The van der Waals surface area contributed by atoms with Crippen molar-refractivity contribution in [3.05, 3.63) is 60.4 Å². The predicted molar refractivity (Wildman–Crippen MR) is 79.8 cm³/mol. The zero-order valence-corrected chi connectivity index (χ0v) is 12.1. The van der Waals surface area contributed by atoms with Gasteiger partial charge in [0.05, 0.1) is 17.4 Å². The zero-order valence-electron chi connectivity index (χ0n) is 12.1. The van der Waals surface area contributed by atoms with E-state index in [1.54, 1.807) is 6.33 Å². The summed E-state index contributed by atoms with van der Waals surface area (Å²) < 4.78 is 3.86. The minimum Gasteiger partial charge on any atom is -0.319 e. The number of aromatic nitrogens is 5. The van der Waals surface area contributed by atoms with E-state index in [9.17, 15) is 0 Å². The van der Waals surface area contributed by atoms with Crippen molar-refractivity contribution in [1.29, 1.82) is 0 Å². The first-order valence-electron chi connectivity index (χ1n) is 6.91. The van der Waals surface area contributed by atoms with Gasteiger partial charge in [-0.25, -0.2) is 4.68 Å². The van der Waals surface area contributed by atoms with Gasteiger partial charge < -0.3 is 9.88 Å². The molecule has 0 aliphatic heterocycles. The number of hydrogen-bond acceptors (Lipinski definition) is 4. The van der Waals surface area contributed by atoms with E-state index in [4.69, 9.17) is 0 Å². The second kappa shape index (κ2) is 5.88. The molecular weight excluding hydrogens is 264 g/mol. The van der Waals surface area contributed by atoms with Crippen molar-refractivity contribution in [1.82, 2.24) is 29.9 Å². The molecule has 0 spiro atoms. The first-order chi connectivity index (χ1) is 10.3. The Hall–Kier alpha value is -2.47. The molecule has 2 heterocycles. The van der Waals surface area contributed by atoms with Crippen LogP contribution in [0.15, 0.2) is 48.9 Å². The van der Waals surface area contributed by atoms with Crippen LogP contribution in [0, 0.1) is 0 Å². The number of para-hydroxylation sites is 1. The quantitative estimate of drug-likeness (QED) is 0.776. The normalized spacial score (nSPS) is 12.5. The highest BCUT2D eigenvalue weighted by atomic mass is 15.3. The third-order valence-electron chi connectivity index (χ3n) is 3.44. The lowest BCUT2D eigenvalue weighted by Gasteiger charge is -2.14. The zero-order chi connectivity index (χ0) is 14.7. The van der Waals surface area contributed by atoms with Crippen molar-refractivity contribution in [2.45, 2.75) is 19.5 Å². The molecule has 0 saturated carbocycles. The van der Waals surface area contributed by atoms with Crippen LogP contribution in [0.1, 0.15) is 24.5 Å². The Morgan fingerprint density at radius 1 is 1.19 bits per heavy atom. The molecular formula is C15H18N6. The van der Waals surface area contributed by atoms with Gasteiger partial charge in [-0.1, -0.05) is 18.2 Å². The van der Waals surface area contributed by atoms with Crippen LogP contribution in [-0.4, -0.2) is 24.5 Å². The van der Waals surface area contributed by atoms with Gasteiger partial charge in [0.25, 0.3) is 0 Å². The van der Waals surface area contributed by atoms with Gasteiger partial charge in [0, 0.05) is 19.8 Å². The van der Waals surface area contributed by atoms with Gasteiger partial charge in [0.2, 0.25) is 0 Å². The van der Waals surface area contributed by atoms with Crippen molar-refractivity contribution in [2.24, 2.45) is 7.05 Å². The maximum Gasteiger partial charge on any atom is 0.149 e. The molecule has 6 nitrogen and oxygen atoms in total. The minimum atomic E-state index is 0.122. The molecule has 6 heteroatoms. The molecule has 108 valence electrons. The van der Waals surface area contributed by atoms with Crippen molar-refractivity contribution in [2.75, 3.05) is 0 Å². The van der Waals surface area contributed by atoms with Gasteiger partial charge in [0.15, 0.2) is 0 Å². The summed E-state index contributed by atoms with van der Waals surface area (Å²) >= 11 is 0. The summed E-state index contributed by atoms with van der Waals surface area (Å²) in [7, 11) is 1.95. The molecule has 2 aromatic heterocycles. The number of aryl methyl sites for hydroxylation is 1. The summed E-state index contributed by atoms with van der Waals surface area (Å²) in [6.07, 6.45) is 3.53. The topological polar surface area (TPSA) is 60.6 Å². The van der Waals surface area contributed by atoms with Crippen molar-refractivity contribution >= 4 is 0 Å². The van der Waals surface area contributed by atoms with E-state index < -0.39 is 0 Å². The summed E-state index contributed by atoms with van der Waals surface area (Å²) in [5.74, 6) is 0.917. The Labute approximate surface area is 123 Å². The largest absolute Gasteiger partial charge is 0.319 e. The molecule has 0 aliphatic carbocycles. The van der Waals surface area contributed by atoms with Gasteiger partial charge in [-0.3, -0.25) is 0 Å². The molecule has 0 amide bonds. The molecule has 0 aliphatic rings. The Bertz CT molecular complexity index is 700. The van der Waals surface area contributed by atoms with E-state index in [1.165, 1.54) is 0 Å². The maximum absolute atomic E-state index is 4.39. The third kappa shape index (κ3) is 2.85. The fourth-order valence-electron chi connectivity index (χ4n) is 2.30. The number of nitrogens with zero attached hydrogens (tertiary/aromatic N) is 5. The van der Waals surface area contributed by atoms with Gasteiger partial charge in [-0.15, -0.1) is 10.2 Å². The molecule has 1 unspecified atom stereocenters. The standard InChI is InChI=1S/C15H18N6/c1-12(15-19-17-11-20(15)2)16-10-14-8-9-18-21(14)13-6-4-3-5-7-13/h3-9,11-12,16H,10H2,1-2H3. The second-order valence-electron chi connectivity index (χ2n) is 4.97. The Morgan fingerprint density at radius 3 is 2.71 bits per heavy atom. The number of nitrogens with one attached hydrogen (secondary N) is 1. The van der Waals surface area contributed by atoms with E-state index >= 15 is 0 Å².